The maximum absolute atomic E-state index is 12.9. The number of hydrogen-bond donors (Lipinski definition) is 1. The van der Waals surface area contributed by atoms with Crippen LogP contribution in [0.15, 0.2) is 10.6 Å². The van der Waals surface area contributed by atoms with Crippen molar-refractivity contribution >= 4 is 11.8 Å². The van der Waals surface area contributed by atoms with E-state index in [9.17, 15) is 9.59 Å². The van der Waals surface area contributed by atoms with Crippen molar-refractivity contribution in [3.8, 4) is 0 Å². The third-order valence-corrected chi connectivity index (χ3v) is 6.52. The van der Waals surface area contributed by atoms with Crippen molar-refractivity contribution in [3.05, 3.63) is 17.5 Å². The molecule has 0 bridgehead atoms. The minimum atomic E-state index is -0.163. The second kappa shape index (κ2) is 7.64. The summed E-state index contributed by atoms with van der Waals surface area (Å²) in [5, 5.41) is 7.01. The number of nitrogens with one attached hydrogen (secondary N) is 1. The Kier molecular flexibility index (Phi) is 5.24. The third-order valence-electron chi connectivity index (χ3n) is 6.52. The van der Waals surface area contributed by atoms with Crippen molar-refractivity contribution in [3.63, 3.8) is 0 Å². The Labute approximate surface area is 161 Å². The molecule has 2 aliphatic carbocycles. The summed E-state index contributed by atoms with van der Waals surface area (Å²) in [4.78, 5) is 27.5. The van der Waals surface area contributed by atoms with Gasteiger partial charge in [-0.2, -0.15) is 0 Å². The van der Waals surface area contributed by atoms with Gasteiger partial charge in [-0.25, -0.2) is 0 Å². The molecule has 4 atom stereocenters. The fourth-order valence-corrected chi connectivity index (χ4v) is 4.74. The number of aromatic nitrogens is 1. The van der Waals surface area contributed by atoms with E-state index in [4.69, 9.17) is 4.52 Å². The zero-order chi connectivity index (χ0) is 19.0. The van der Waals surface area contributed by atoms with E-state index in [0.29, 0.717) is 23.4 Å². The Bertz CT molecular complexity index is 697. The fraction of sp³-hybridized carbons (Fsp3) is 0.762. The summed E-state index contributed by atoms with van der Waals surface area (Å²) < 4.78 is 5.28. The number of carbonyl (C=O) groups is 2. The van der Waals surface area contributed by atoms with Gasteiger partial charge >= 0.3 is 0 Å². The molecule has 1 aliphatic heterocycles. The molecule has 1 aromatic rings. The molecule has 1 aromatic heterocycles. The highest BCUT2D eigenvalue weighted by Gasteiger charge is 2.35. The number of piperidine rings is 1. The van der Waals surface area contributed by atoms with E-state index < -0.39 is 0 Å². The van der Waals surface area contributed by atoms with Crippen molar-refractivity contribution in [1.82, 2.24) is 15.4 Å². The topological polar surface area (TPSA) is 75.4 Å². The molecule has 0 aromatic carbocycles. The monoisotopic (exact) mass is 373 g/mol. The van der Waals surface area contributed by atoms with E-state index in [1.807, 2.05) is 4.90 Å². The molecule has 2 amide bonds. The van der Waals surface area contributed by atoms with Crippen LogP contribution in [0.1, 0.15) is 87.4 Å². The van der Waals surface area contributed by atoms with Crippen molar-refractivity contribution < 1.29 is 14.1 Å². The van der Waals surface area contributed by atoms with Crippen molar-refractivity contribution in [2.24, 2.45) is 11.8 Å². The van der Waals surface area contributed by atoms with Gasteiger partial charge in [0.1, 0.15) is 5.76 Å². The molecule has 6 heteroatoms. The van der Waals surface area contributed by atoms with Crippen LogP contribution in [0.2, 0.25) is 0 Å². The summed E-state index contributed by atoms with van der Waals surface area (Å²) in [5.74, 6) is 2.29. The number of amides is 2. The van der Waals surface area contributed by atoms with Crippen LogP contribution in [0.25, 0.3) is 0 Å². The molecule has 148 valence electrons. The van der Waals surface area contributed by atoms with Gasteiger partial charge in [-0.15, -0.1) is 0 Å². The molecule has 6 nitrogen and oxygen atoms in total. The van der Waals surface area contributed by atoms with Gasteiger partial charge < -0.3 is 14.7 Å². The van der Waals surface area contributed by atoms with Gasteiger partial charge in [-0.1, -0.05) is 24.9 Å². The fourth-order valence-electron chi connectivity index (χ4n) is 4.74. The Hall–Kier alpha value is -1.85. The summed E-state index contributed by atoms with van der Waals surface area (Å²) in [6, 6.07) is 2.02. The van der Waals surface area contributed by atoms with Crippen LogP contribution >= 0.6 is 0 Å². The van der Waals surface area contributed by atoms with Crippen LogP contribution in [-0.4, -0.2) is 40.5 Å². The van der Waals surface area contributed by atoms with E-state index in [2.05, 4.69) is 24.3 Å². The lowest BCUT2D eigenvalue weighted by molar-refractivity contribution is -0.140. The van der Waals surface area contributed by atoms with Gasteiger partial charge in [0.2, 0.25) is 5.91 Å². The van der Waals surface area contributed by atoms with Gasteiger partial charge in [-0.3, -0.25) is 9.59 Å². The SMILES string of the molecule is C[C@@H]1CCC[C@H](C(=O)N2CCC(NC(=O)c3cc(C4CC4)on3)C[C@@H]2C)C1. The smallest absolute Gasteiger partial charge is 0.273 e. The van der Waals surface area contributed by atoms with E-state index in [1.165, 1.54) is 12.8 Å². The van der Waals surface area contributed by atoms with Crippen LogP contribution in [0.4, 0.5) is 0 Å². The van der Waals surface area contributed by atoms with Gasteiger partial charge in [-0.05, 0) is 51.4 Å². The molecule has 2 saturated carbocycles. The van der Waals surface area contributed by atoms with Crippen LogP contribution in [-0.2, 0) is 4.79 Å². The van der Waals surface area contributed by atoms with E-state index in [1.54, 1.807) is 6.07 Å². The van der Waals surface area contributed by atoms with E-state index >= 15 is 0 Å². The summed E-state index contributed by atoms with van der Waals surface area (Å²) in [7, 11) is 0. The molecule has 3 fully saturated rings. The Balaban J connectivity index is 1.30. The molecule has 4 rings (SSSR count). The van der Waals surface area contributed by atoms with Crippen molar-refractivity contribution in [2.45, 2.75) is 83.2 Å². The first-order valence-electron chi connectivity index (χ1n) is 10.6. The molecule has 1 unspecified atom stereocenters. The van der Waals surface area contributed by atoms with Crippen LogP contribution < -0.4 is 5.32 Å². The minimum absolute atomic E-state index is 0.0860. The second-order valence-electron chi connectivity index (χ2n) is 8.93. The van der Waals surface area contributed by atoms with Crippen molar-refractivity contribution in [2.75, 3.05) is 6.54 Å². The molecule has 1 N–H and O–H groups in total. The Morgan fingerprint density at radius 2 is 1.96 bits per heavy atom. The first-order chi connectivity index (χ1) is 13.0. The van der Waals surface area contributed by atoms with Gasteiger partial charge in [0.05, 0.1) is 0 Å². The molecular formula is C21H31N3O3. The number of nitrogens with zero attached hydrogens (tertiary/aromatic N) is 2. The lowest BCUT2D eigenvalue weighted by Gasteiger charge is -2.40. The lowest BCUT2D eigenvalue weighted by Crippen LogP contribution is -2.52. The first-order valence-corrected chi connectivity index (χ1v) is 10.6. The zero-order valence-corrected chi connectivity index (χ0v) is 16.4. The predicted octanol–water partition coefficient (Wildman–Crippen LogP) is 3.49. The normalized spacial score (nSPS) is 31.6. The highest BCUT2D eigenvalue weighted by atomic mass is 16.5. The first kappa shape index (κ1) is 18.5. The third kappa shape index (κ3) is 4.19. The van der Waals surface area contributed by atoms with Gasteiger partial charge in [0, 0.05) is 36.5 Å². The number of rotatable bonds is 4. The summed E-state index contributed by atoms with van der Waals surface area (Å²) >= 11 is 0. The van der Waals surface area contributed by atoms with Gasteiger partial charge in [0.25, 0.3) is 5.91 Å². The highest BCUT2D eigenvalue weighted by molar-refractivity contribution is 5.92. The second-order valence-corrected chi connectivity index (χ2v) is 8.93. The standard InChI is InChI=1S/C21H31N3O3/c1-13-4-3-5-16(10-13)21(26)24-9-8-17(11-14(24)2)22-20(25)18-12-19(27-23-18)15-6-7-15/h12-17H,3-11H2,1-2H3,(H,22,25)/t13-,14+,16+,17?/m1/s1. The summed E-state index contributed by atoms with van der Waals surface area (Å²) in [6.45, 7) is 5.08. The molecule has 0 radical (unpaired) electrons. The maximum atomic E-state index is 12.9. The molecule has 0 spiro atoms. The predicted molar refractivity (Wildman–Crippen MR) is 101 cm³/mol. The quantitative estimate of drug-likeness (QED) is 0.877. The van der Waals surface area contributed by atoms with Gasteiger partial charge in [0.15, 0.2) is 5.69 Å². The molecule has 27 heavy (non-hydrogen) atoms. The summed E-state index contributed by atoms with van der Waals surface area (Å²) in [6.07, 6.45) is 8.32. The van der Waals surface area contributed by atoms with Crippen LogP contribution in [0.3, 0.4) is 0 Å². The van der Waals surface area contributed by atoms with E-state index in [-0.39, 0.29) is 23.9 Å². The average molecular weight is 373 g/mol. The van der Waals surface area contributed by atoms with Crippen LogP contribution in [0, 0.1) is 11.8 Å². The van der Waals surface area contributed by atoms with E-state index in [0.717, 1.165) is 50.8 Å². The Morgan fingerprint density at radius 3 is 2.67 bits per heavy atom. The Morgan fingerprint density at radius 1 is 1.15 bits per heavy atom. The average Bonchev–Trinajstić information content (AvgIpc) is 3.38. The number of likely N-dealkylation sites (tertiary alicyclic amines) is 1. The molecule has 1 saturated heterocycles. The lowest BCUT2D eigenvalue weighted by atomic mass is 9.81. The molecular weight excluding hydrogens is 342 g/mol. The zero-order valence-electron chi connectivity index (χ0n) is 16.4. The minimum Gasteiger partial charge on any atom is -0.360 e. The summed E-state index contributed by atoms with van der Waals surface area (Å²) in [5.41, 5.74) is 0.374. The largest absolute Gasteiger partial charge is 0.360 e. The molecule has 3 aliphatic rings. The highest BCUT2D eigenvalue weighted by Crippen LogP contribution is 2.40. The molecule has 2 heterocycles. The number of hydrogen-bond acceptors (Lipinski definition) is 4. The van der Waals surface area contributed by atoms with Crippen molar-refractivity contribution in [1.29, 1.82) is 0 Å². The number of carbonyl (C=O) groups excluding carboxylic acids is 2. The maximum Gasteiger partial charge on any atom is 0.273 e. The van der Waals surface area contributed by atoms with Crippen LogP contribution in [0.5, 0.6) is 0 Å².